The Kier molecular flexibility index (Phi) is 5.77. The SMILES string of the molecule is CCSC1=CC(=O)C[C@H](c2ccc(Cl)cc2)[C@@H]1C(=O)c1ccccc1. The van der Waals surface area contributed by atoms with Gasteiger partial charge in [0.05, 0.1) is 5.92 Å². The molecule has 2 atom stereocenters. The van der Waals surface area contributed by atoms with Gasteiger partial charge in [-0.1, -0.05) is 61.0 Å². The first-order valence-corrected chi connectivity index (χ1v) is 9.68. The Hall–Kier alpha value is -1.84. The summed E-state index contributed by atoms with van der Waals surface area (Å²) in [5, 5.41) is 0.649. The number of hydrogen-bond donors (Lipinski definition) is 0. The minimum absolute atomic E-state index is 0.0697. The van der Waals surface area contributed by atoms with Crippen molar-refractivity contribution in [3.63, 3.8) is 0 Å². The van der Waals surface area contributed by atoms with Gasteiger partial charge in [0.25, 0.3) is 0 Å². The Morgan fingerprint density at radius 1 is 1.12 bits per heavy atom. The molecule has 0 aromatic heterocycles. The molecular weight excluding hydrogens is 352 g/mol. The van der Waals surface area contributed by atoms with E-state index in [1.54, 1.807) is 17.8 Å². The van der Waals surface area contributed by atoms with Crippen LogP contribution in [0.2, 0.25) is 5.02 Å². The minimum Gasteiger partial charge on any atom is -0.295 e. The van der Waals surface area contributed by atoms with E-state index in [2.05, 4.69) is 0 Å². The lowest BCUT2D eigenvalue weighted by molar-refractivity contribution is -0.115. The van der Waals surface area contributed by atoms with Crippen LogP contribution < -0.4 is 0 Å². The molecule has 0 spiro atoms. The second kappa shape index (κ2) is 8.03. The van der Waals surface area contributed by atoms with E-state index in [-0.39, 0.29) is 23.4 Å². The van der Waals surface area contributed by atoms with E-state index in [1.165, 1.54) is 0 Å². The van der Waals surface area contributed by atoms with Crippen molar-refractivity contribution in [2.45, 2.75) is 19.3 Å². The van der Waals surface area contributed by atoms with E-state index in [9.17, 15) is 9.59 Å². The van der Waals surface area contributed by atoms with Crippen LogP contribution in [0.4, 0.5) is 0 Å². The summed E-state index contributed by atoms with van der Waals surface area (Å²) in [6.07, 6.45) is 2.00. The Labute approximate surface area is 157 Å². The Morgan fingerprint density at radius 2 is 1.80 bits per heavy atom. The number of halogens is 1. The van der Waals surface area contributed by atoms with Crippen LogP contribution in [0.5, 0.6) is 0 Å². The van der Waals surface area contributed by atoms with Gasteiger partial charge in [-0.15, -0.1) is 11.8 Å². The summed E-state index contributed by atoms with van der Waals surface area (Å²) in [6.45, 7) is 2.03. The maximum Gasteiger partial charge on any atom is 0.171 e. The Balaban J connectivity index is 2.05. The number of Topliss-reactive ketones (excluding diaryl/α,β-unsaturated/α-hetero) is 1. The van der Waals surface area contributed by atoms with Crippen molar-refractivity contribution in [3.8, 4) is 0 Å². The molecular formula is C21H19ClO2S. The van der Waals surface area contributed by atoms with Crippen LogP contribution in [-0.2, 0) is 4.79 Å². The van der Waals surface area contributed by atoms with Crippen LogP contribution in [0.25, 0.3) is 0 Å². The summed E-state index contributed by atoms with van der Waals surface area (Å²) < 4.78 is 0. The zero-order valence-electron chi connectivity index (χ0n) is 13.9. The molecule has 0 heterocycles. The number of allylic oxidation sites excluding steroid dienone is 2. The highest BCUT2D eigenvalue weighted by molar-refractivity contribution is 8.03. The van der Waals surface area contributed by atoms with Crippen LogP contribution in [0.1, 0.15) is 35.2 Å². The maximum absolute atomic E-state index is 13.3. The number of carbonyl (C=O) groups excluding carboxylic acids is 2. The Morgan fingerprint density at radius 3 is 2.44 bits per heavy atom. The molecule has 0 saturated heterocycles. The van der Waals surface area contributed by atoms with Gasteiger partial charge in [-0.25, -0.2) is 0 Å². The van der Waals surface area contributed by atoms with Crippen molar-refractivity contribution in [2.24, 2.45) is 5.92 Å². The third-order valence-corrected chi connectivity index (χ3v) is 5.63. The molecule has 1 aliphatic carbocycles. The number of ketones is 2. The van der Waals surface area contributed by atoms with Crippen LogP contribution in [-0.4, -0.2) is 17.3 Å². The second-order valence-corrected chi connectivity index (χ2v) is 7.79. The van der Waals surface area contributed by atoms with Crippen molar-refractivity contribution in [1.29, 1.82) is 0 Å². The van der Waals surface area contributed by atoms with Gasteiger partial charge in [0.1, 0.15) is 0 Å². The smallest absolute Gasteiger partial charge is 0.171 e. The number of hydrogen-bond acceptors (Lipinski definition) is 3. The van der Waals surface area contributed by atoms with Gasteiger partial charge in [0.15, 0.2) is 11.6 Å². The number of rotatable bonds is 5. The van der Waals surface area contributed by atoms with Crippen LogP contribution in [0, 0.1) is 5.92 Å². The van der Waals surface area contributed by atoms with Crippen LogP contribution in [0.3, 0.4) is 0 Å². The molecule has 0 unspecified atom stereocenters. The molecule has 0 radical (unpaired) electrons. The molecule has 128 valence electrons. The number of carbonyl (C=O) groups is 2. The maximum atomic E-state index is 13.3. The van der Waals surface area contributed by atoms with Crippen molar-refractivity contribution >= 4 is 34.9 Å². The average Bonchev–Trinajstić information content (AvgIpc) is 2.62. The third-order valence-electron chi connectivity index (χ3n) is 4.38. The highest BCUT2D eigenvalue weighted by Crippen LogP contribution is 2.43. The molecule has 3 rings (SSSR count). The molecule has 1 aliphatic rings. The van der Waals surface area contributed by atoms with Crippen molar-refractivity contribution in [3.05, 3.63) is 81.7 Å². The van der Waals surface area contributed by atoms with Gasteiger partial charge in [-0.05, 0) is 34.4 Å². The van der Waals surface area contributed by atoms with Gasteiger partial charge in [0, 0.05) is 22.9 Å². The van der Waals surface area contributed by atoms with Gasteiger partial charge in [-0.2, -0.15) is 0 Å². The van der Waals surface area contributed by atoms with E-state index in [0.717, 1.165) is 16.2 Å². The molecule has 2 nitrogen and oxygen atoms in total. The summed E-state index contributed by atoms with van der Waals surface area (Å²) in [7, 11) is 0. The Bertz CT molecular complexity index is 796. The molecule has 2 aromatic rings. The first kappa shape index (κ1) is 18.0. The molecule has 0 bridgehead atoms. The predicted octanol–water partition coefficient (Wildman–Crippen LogP) is 5.53. The van der Waals surface area contributed by atoms with Gasteiger partial charge in [-0.3, -0.25) is 9.59 Å². The minimum atomic E-state index is -0.328. The van der Waals surface area contributed by atoms with Crippen molar-refractivity contribution in [1.82, 2.24) is 0 Å². The van der Waals surface area contributed by atoms with Crippen LogP contribution >= 0.6 is 23.4 Å². The lowest BCUT2D eigenvalue weighted by atomic mass is 9.75. The summed E-state index contributed by atoms with van der Waals surface area (Å²) in [5.41, 5.74) is 1.66. The van der Waals surface area contributed by atoms with Crippen LogP contribution in [0.15, 0.2) is 65.6 Å². The molecule has 0 fully saturated rings. The fourth-order valence-electron chi connectivity index (χ4n) is 3.25. The highest BCUT2D eigenvalue weighted by Gasteiger charge is 2.37. The summed E-state index contributed by atoms with van der Waals surface area (Å²) in [5.74, 6) is 0.487. The molecule has 0 N–H and O–H groups in total. The molecule has 0 aliphatic heterocycles. The lowest BCUT2D eigenvalue weighted by Gasteiger charge is -2.31. The van der Waals surface area contributed by atoms with E-state index in [4.69, 9.17) is 11.6 Å². The number of thioether (sulfide) groups is 1. The van der Waals surface area contributed by atoms with Gasteiger partial charge < -0.3 is 0 Å². The summed E-state index contributed by atoms with van der Waals surface area (Å²) >= 11 is 7.59. The molecule has 0 saturated carbocycles. The van der Waals surface area contributed by atoms with Crippen molar-refractivity contribution < 1.29 is 9.59 Å². The largest absolute Gasteiger partial charge is 0.295 e. The van der Waals surface area contributed by atoms with E-state index in [0.29, 0.717) is 17.0 Å². The first-order chi connectivity index (χ1) is 12.1. The van der Waals surface area contributed by atoms with Gasteiger partial charge >= 0.3 is 0 Å². The highest BCUT2D eigenvalue weighted by atomic mass is 35.5. The summed E-state index contributed by atoms with van der Waals surface area (Å²) in [6, 6.07) is 16.8. The zero-order chi connectivity index (χ0) is 17.8. The molecule has 4 heteroatoms. The second-order valence-electron chi connectivity index (χ2n) is 6.02. The molecule has 25 heavy (non-hydrogen) atoms. The normalized spacial score (nSPS) is 20.2. The monoisotopic (exact) mass is 370 g/mol. The fourth-order valence-corrected chi connectivity index (χ4v) is 4.38. The average molecular weight is 371 g/mol. The predicted molar refractivity (Wildman–Crippen MR) is 104 cm³/mol. The molecule has 2 aromatic carbocycles. The fraction of sp³-hybridized carbons (Fsp3) is 0.238. The van der Waals surface area contributed by atoms with Crippen molar-refractivity contribution in [2.75, 3.05) is 5.75 Å². The third kappa shape index (κ3) is 4.05. The summed E-state index contributed by atoms with van der Waals surface area (Å²) in [4.78, 5) is 26.4. The van der Waals surface area contributed by atoms with E-state index >= 15 is 0 Å². The quantitative estimate of drug-likeness (QED) is 0.648. The number of benzene rings is 2. The van der Waals surface area contributed by atoms with Gasteiger partial charge in [0.2, 0.25) is 0 Å². The molecule has 0 amide bonds. The standard InChI is InChI=1S/C21H19ClO2S/c1-2-25-19-13-17(23)12-18(14-8-10-16(22)11-9-14)20(19)21(24)15-6-4-3-5-7-15/h3-11,13,18,20H,2,12H2,1H3/t18-,20+/m1/s1. The zero-order valence-corrected chi connectivity index (χ0v) is 15.5. The van der Waals surface area contributed by atoms with E-state index in [1.807, 2.05) is 61.5 Å². The topological polar surface area (TPSA) is 34.1 Å². The first-order valence-electron chi connectivity index (χ1n) is 8.32. The lowest BCUT2D eigenvalue weighted by Crippen LogP contribution is -2.29. The van der Waals surface area contributed by atoms with E-state index < -0.39 is 0 Å².